The molecule has 0 fully saturated rings. The van der Waals surface area contributed by atoms with Crippen molar-refractivity contribution < 1.29 is 12.8 Å². The SMILES string of the molecule is CCC(CSC)N(C)S(=O)(=O)c1ccc(F)c(CN)c1. The maximum Gasteiger partial charge on any atom is 0.243 e. The molecule has 0 aromatic heterocycles. The average Bonchev–Trinajstić information content (AvgIpc) is 2.44. The van der Waals surface area contributed by atoms with E-state index in [0.717, 1.165) is 18.2 Å². The summed E-state index contributed by atoms with van der Waals surface area (Å²) >= 11 is 1.60. The van der Waals surface area contributed by atoms with Gasteiger partial charge in [-0.15, -0.1) is 0 Å². The van der Waals surface area contributed by atoms with Gasteiger partial charge in [-0.25, -0.2) is 12.8 Å². The summed E-state index contributed by atoms with van der Waals surface area (Å²) < 4.78 is 39.9. The minimum atomic E-state index is -3.62. The molecule has 1 aromatic rings. The summed E-state index contributed by atoms with van der Waals surface area (Å²) in [7, 11) is -2.06. The second-order valence-corrected chi connectivity index (χ2v) is 7.40. The summed E-state index contributed by atoms with van der Waals surface area (Å²) in [4.78, 5) is 0.0846. The molecule has 20 heavy (non-hydrogen) atoms. The van der Waals surface area contributed by atoms with Gasteiger partial charge in [-0.1, -0.05) is 6.92 Å². The van der Waals surface area contributed by atoms with Crippen LogP contribution in [0.5, 0.6) is 0 Å². The first-order chi connectivity index (χ1) is 9.38. The first kappa shape index (κ1) is 17.4. The molecule has 0 aliphatic carbocycles. The van der Waals surface area contributed by atoms with E-state index in [-0.39, 0.29) is 23.0 Å². The highest BCUT2D eigenvalue weighted by Gasteiger charge is 2.27. The first-order valence-electron chi connectivity index (χ1n) is 6.33. The topological polar surface area (TPSA) is 63.4 Å². The molecule has 0 aliphatic rings. The van der Waals surface area contributed by atoms with Gasteiger partial charge in [0.05, 0.1) is 4.90 Å². The van der Waals surface area contributed by atoms with Gasteiger partial charge in [-0.3, -0.25) is 0 Å². The molecule has 1 rings (SSSR count). The highest BCUT2D eigenvalue weighted by atomic mass is 32.2. The highest BCUT2D eigenvalue weighted by Crippen LogP contribution is 2.21. The van der Waals surface area contributed by atoms with E-state index >= 15 is 0 Å². The summed E-state index contributed by atoms with van der Waals surface area (Å²) in [5.74, 6) is 0.238. The van der Waals surface area contributed by atoms with Crippen LogP contribution in [0.2, 0.25) is 0 Å². The maximum absolute atomic E-state index is 13.4. The van der Waals surface area contributed by atoms with Gasteiger partial charge in [0.25, 0.3) is 0 Å². The summed E-state index contributed by atoms with van der Waals surface area (Å²) in [6.45, 7) is 1.92. The van der Waals surface area contributed by atoms with Crippen LogP contribution < -0.4 is 5.73 Å². The predicted molar refractivity (Wildman–Crippen MR) is 81.7 cm³/mol. The maximum atomic E-state index is 13.4. The number of rotatable bonds is 7. The van der Waals surface area contributed by atoms with E-state index in [0.29, 0.717) is 0 Å². The number of nitrogens with zero attached hydrogens (tertiary/aromatic N) is 1. The fourth-order valence-electron chi connectivity index (χ4n) is 1.90. The summed E-state index contributed by atoms with van der Waals surface area (Å²) in [5, 5.41) is 0. The van der Waals surface area contributed by atoms with Crippen LogP contribution in [0.1, 0.15) is 18.9 Å². The van der Waals surface area contributed by atoms with Gasteiger partial charge in [0.15, 0.2) is 0 Å². The minimum Gasteiger partial charge on any atom is -0.326 e. The molecule has 0 amide bonds. The fraction of sp³-hybridized carbons (Fsp3) is 0.538. The third-order valence-electron chi connectivity index (χ3n) is 3.26. The Labute approximate surface area is 124 Å². The van der Waals surface area contributed by atoms with E-state index in [1.807, 2.05) is 13.2 Å². The molecule has 0 aliphatic heterocycles. The van der Waals surface area contributed by atoms with Crippen molar-refractivity contribution in [3.8, 4) is 0 Å². The number of sulfonamides is 1. The van der Waals surface area contributed by atoms with Crippen molar-refractivity contribution in [3.63, 3.8) is 0 Å². The molecular formula is C13H21FN2O2S2. The number of nitrogens with two attached hydrogens (primary N) is 1. The van der Waals surface area contributed by atoms with Gasteiger partial charge in [0.2, 0.25) is 10.0 Å². The minimum absolute atomic E-state index is 0.0269. The van der Waals surface area contributed by atoms with Gasteiger partial charge in [0.1, 0.15) is 5.82 Å². The molecule has 114 valence electrons. The molecule has 0 spiro atoms. The molecule has 4 nitrogen and oxygen atoms in total. The van der Waals surface area contributed by atoms with Crippen molar-refractivity contribution in [2.75, 3.05) is 19.1 Å². The predicted octanol–water partition coefficient (Wildman–Crippen LogP) is 2.05. The summed E-state index contributed by atoms with van der Waals surface area (Å²) in [6.07, 6.45) is 2.66. The lowest BCUT2D eigenvalue weighted by atomic mass is 10.2. The third-order valence-corrected chi connectivity index (χ3v) is 5.88. The van der Waals surface area contributed by atoms with Crippen LogP contribution in [0.15, 0.2) is 23.1 Å². The van der Waals surface area contributed by atoms with E-state index in [1.54, 1.807) is 18.8 Å². The molecule has 0 heterocycles. The van der Waals surface area contributed by atoms with Crippen molar-refractivity contribution in [2.24, 2.45) is 5.73 Å². The number of hydrogen-bond donors (Lipinski definition) is 1. The number of thioether (sulfide) groups is 1. The van der Waals surface area contributed by atoms with Crippen LogP contribution in [-0.4, -0.2) is 37.8 Å². The Kier molecular flexibility index (Phi) is 6.44. The molecule has 1 unspecified atom stereocenters. The zero-order valence-corrected chi connectivity index (χ0v) is 13.6. The van der Waals surface area contributed by atoms with Crippen molar-refractivity contribution >= 4 is 21.8 Å². The van der Waals surface area contributed by atoms with Gasteiger partial charge in [-0.05, 0) is 30.9 Å². The molecule has 0 saturated carbocycles. The van der Waals surface area contributed by atoms with Gasteiger partial charge >= 0.3 is 0 Å². The summed E-state index contributed by atoms with van der Waals surface area (Å²) in [6, 6.07) is 3.67. The Morgan fingerprint density at radius 1 is 1.45 bits per heavy atom. The van der Waals surface area contributed by atoms with Crippen LogP contribution in [0.3, 0.4) is 0 Å². The van der Waals surface area contributed by atoms with Crippen LogP contribution in [0.4, 0.5) is 4.39 Å². The van der Waals surface area contributed by atoms with E-state index in [2.05, 4.69) is 0 Å². The molecule has 0 saturated heterocycles. The third kappa shape index (κ3) is 3.72. The number of benzene rings is 1. The molecule has 1 aromatic carbocycles. The van der Waals surface area contributed by atoms with Crippen LogP contribution >= 0.6 is 11.8 Å². The first-order valence-corrected chi connectivity index (χ1v) is 9.17. The standard InChI is InChI=1S/C13H21FN2O2S2/c1-4-11(9-19-3)16(2)20(17,18)12-5-6-13(14)10(7-12)8-15/h5-7,11H,4,8-9,15H2,1-3H3. The molecule has 7 heteroatoms. The smallest absolute Gasteiger partial charge is 0.243 e. The number of hydrogen-bond acceptors (Lipinski definition) is 4. The Hall–Kier alpha value is -0.630. The average molecular weight is 320 g/mol. The molecule has 0 radical (unpaired) electrons. The van der Waals surface area contributed by atoms with Crippen molar-refractivity contribution in [1.82, 2.24) is 4.31 Å². The van der Waals surface area contributed by atoms with Crippen LogP contribution in [-0.2, 0) is 16.6 Å². The normalized spacial score (nSPS) is 13.7. The summed E-state index contributed by atoms with van der Waals surface area (Å²) in [5.41, 5.74) is 5.63. The lowest BCUT2D eigenvalue weighted by Crippen LogP contribution is -2.38. The highest BCUT2D eigenvalue weighted by molar-refractivity contribution is 7.98. The van der Waals surface area contributed by atoms with E-state index in [4.69, 9.17) is 5.73 Å². The fourth-order valence-corrected chi connectivity index (χ4v) is 4.32. The Bertz CT molecular complexity index is 549. The molecular weight excluding hydrogens is 299 g/mol. The van der Waals surface area contributed by atoms with E-state index in [1.165, 1.54) is 16.4 Å². The lowest BCUT2D eigenvalue weighted by Gasteiger charge is -2.26. The number of halogens is 1. The zero-order chi connectivity index (χ0) is 15.3. The van der Waals surface area contributed by atoms with E-state index in [9.17, 15) is 12.8 Å². The van der Waals surface area contributed by atoms with Crippen LogP contribution in [0.25, 0.3) is 0 Å². The quantitative estimate of drug-likeness (QED) is 0.835. The lowest BCUT2D eigenvalue weighted by molar-refractivity contribution is 0.385. The Morgan fingerprint density at radius 3 is 2.60 bits per heavy atom. The second kappa shape index (κ2) is 7.40. The Balaban J connectivity index is 3.15. The van der Waals surface area contributed by atoms with Gasteiger partial charge in [0, 0.05) is 31.0 Å². The largest absolute Gasteiger partial charge is 0.326 e. The van der Waals surface area contributed by atoms with Gasteiger partial charge in [-0.2, -0.15) is 16.1 Å². The van der Waals surface area contributed by atoms with Gasteiger partial charge < -0.3 is 5.73 Å². The molecule has 2 N–H and O–H groups in total. The van der Waals surface area contributed by atoms with E-state index < -0.39 is 15.8 Å². The molecule has 0 bridgehead atoms. The second-order valence-electron chi connectivity index (χ2n) is 4.50. The van der Waals surface area contributed by atoms with Crippen molar-refractivity contribution in [2.45, 2.75) is 30.8 Å². The zero-order valence-electron chi connectivity index (χ0n) is 12.0. The monoisotopic (exact) mass is 320 g/mol. The molecule has 1 atom stereocenters. The Morgan fingerprint density at radius 2 is 2.10 bits per heavy atom. The van der Waals surface area contributed by atoms with Crippen molar-refractivity contribution in [3.05, 3.63) is 29.6 Å². The van der Waals surface area contributed by atoms with Crippen LogP contribution in [0, 0.1) is 5.82 Å². The van der Waals surface area contributed by atoms with Crippen molar-refractivity contribution in [1.29, 1.82) is 0 Å².